The first-order chi connectivity index (χ1) is 7.25. The molecule has 1 aliphatic rings. The summed E-state index contributed by atoms with van der Waals surface area (Å²) in [5, 5.41) is 7.35. The van der Waals surface area contributed by atoms with Gasteiger partial charge in [-0.1, -0.05) is 19.0 Å². The third-order valence-corrected chi connectivity index (χ3v) is 2.55. The Morgan fingerprint density at radius 3 is 2.93 bits per heavy atom. The first-order valence-electron chi connectivity index (χ1n) is 5.81. The Bertz CT molecular complexity index is 305. The van der Waals surface area contributed by atoms with Crippen molar-refractivity contribution in [3.05, 3.63) is 11.7 Å². The fraction of sp³-hybridized carbons (Fsp3) is 0.818. The Labute approximate surface area is 90.4 Å². The molecule has 1 heterocycles. The molecule has 0 spiro atoms. The van der Waals surface area contributed by atoms with Gasteiger partial charge in [0, 0.05) is 18.4 Å². The zero-order valence-corrected chi connectivity index (χ0v) is 9.49. The molecule has 0 bridgehead atoms. The van der Waals surface area contributed by atoms with E-state index in [1.807, 2.05) is 0 Å². The van der Waals surface area contributed by atoms with E-state index in [4.69, 9.17) is 4.52 Å². The maximum atomic E-state index is 5.18. The molecule has 0 aliphatic heterocycles. The van der Waals surface area contributed by atoms with Crippen LogP contribution >= 0.6 is 0 Å². The Morgan fingerprint density at radius 1 is 1.47 bits per heavy atom. The molecule has 4 heteroatoms. The van der Waals surface area contributed by atoms with Crippen LogP contribution in [0.4, 0.5) is 0 Å². The van der Waals surface area contributed by atoms with Gasteiger partial charge in [0.05, 0.1) is 0 Å². The molecule has 4 nitrogen and oxygen atoms in total. The Morgan fingerprint density at radius 2 is 2.27 bits per heavy atom. The molecule has 0 atom stereocenters. The van der Waals surface area contributed by atoms with Crippen LogP contribution in [0.1, 0.15) is 50.7 Å². The molecule has 15 heavy (non-hydrogen) atoms. The zero-order valence-electron chi connectivity index (χ0n) is 9.49. The SMILES string of the molecule is CC(C)NCCCc1nc(C2CC2)no1. The van der Waals surface area contributed by atoms with E-state index in [-0.39, 0.29) is 0 Å². The second-order valence-corrected chi connectivity index (χ2v) is 4.53. The summed E-state index contributed by atoms with van der Waals surface area (Å²) in [6.07, 6.45) is 4.41. The zero-order chi connectivity index (χ0) is 10.7. The second kappa shape index (κ2) is 4.75. The van der Waals surface area contributed by atoms with Crippen molar-refractivity contribution in [2.45, 2.75) is 51.5 Å². The van der Waals surface area contributed by atoms with E-state index in [2.05, 4.69) is 29.3 Å². The predicted molar refractivity (Wildman–Crippen MR) is 57.7 cm³/mol. The first kappa shape index (κ1) is 10.6. The molecule has 1 aromatic heterocycles. The van der Waals surface area contributed by atoms with Crippen molar-refractivity contribution in [2.75, 3.05) is 6.54 Å². The summed E-state index contributed by atoms with van der Waals surface area (Å²) in [5.74, 6) is 2.31. The third kappa shape index (κ3) is 3.30. The number of aryl methyl sites for hydroxylation is 1. The van der Waals surface area contributed by atoms with Gasteiger partial charge in [-0.15, -0.1) is 0 Å². The highest BCUT2D eigenvalue weighted by molar-refractivity contribution is 5.03. The van der Waals surface area contributed by atoms with Gasteiger partial charge in [0.2, 0.25) is 5.89 Å². The van der Waals surface area contributed by atoms with Crippen molar-refractivity contribution >= 4 is 0 Å². The standard InChI is InChI=1S/C11H19N3O/c1-8(2)12-7-3-4-10-13-11(14-15-10)9-5-6-9/h8-9,12H,3-7H2,1-2H3. The van der Waals surface area contributed by atoms with Gasteiger partial charge in [0.25, 0.3) is 0 Å². The molecule has 0 unspecified atom stereocenters. The fourth-order valence-electron chi connectivity index (χ4n) is 1.51. The number of hydrogen-bond acceptors (Lipinski definition) is 4. The minimum absolute atomic E-state index is 0.551. The van der Waals surface area contributed by atoms with E-state index in [1.54, 1.807) is 0 Å². The van der Waals surface area contributed by atoms with Crippen molar-refractivity contribution < 1.29 is 4.52 Å². The summed E-state index contributed by atoms with van der Waals surface area (Å²) in [7, 11) is 0. The highest BCUT2D eigenvalue weighted by Crippen LogP contribution is 2.38. The van der Waals surface area contributed by atoms with E-state index >= 15 is 0 Å². The molecule has 84 valence electrons. The molecule has 0 radical (unpaired) electrons. The second-order valence-electron chi connectivity index (χ2n) is 4.53. The van der Waals surface area contributed by atoms with Crippen LogP contribution in [-0.4, -0.2) is 22.7 Å². The molecule has 1 aliphatic carbocycles. The van der Waals surface area contributed by atoms with Gasteiger partial charge in [-0.3, -0.25) is 0 Å². The average molecular weight is 209 g/mol. The van der Waals surface area contributed by atoms with E-state index < -0.39 is 0 Å². The minimum atomic E-state index is 0.551. The van der Waals surface area contributed by atoms with Crippen LogP contribution in [-0.2, 0) is 6.42 Å². The molecule has 1 aromatic rings. The van der Waals surface area contributed by atoms with Gasteiger partial charge in [-0.05, 0) is 25.8 Å². The third-order valence-electron chi connectivity index (χ3n) is 2.55. The summed E-state index contributed by atoms with van der Waals surface area (Å²) in [6.45, 7) is 5.31. The number of hydrogen-bond donors (Lipinski definition) is 1. The highest BCUT2D eigenvalue weighted by Gasteiger charge is 2.28. The van der Waals surface area contributed by atoms with Crippen LogP contribution in [0.2, 0.25) is 0 Å². The predicted octanol–water partition coefficient (Wildman–Crippen LogP) is 1.88. The fourth-order valence-corrected chi connectivity index (χ4v) is 1.51. The number of rotatable bonds is 6. The Kier molecular flexibility index (Phi) is 3.36. The van der Waals surface area contributed by atoms with Crippen LogP contribution in [0, 0.1) is 0 Å². The monoisotopic (exact) mass is 209 g/mol. The van der Waals surface area contributed by atoms with Gasteiger partial charge in [-0.2, -0.15) is 4.98 Å². The maximum absolute atomic E-state index is 5.18. The smallest absolute Gasteiger partial charge is 0.226 e. The number of nitrogens with zero attached hydrogens (tertiary/aromatic N) is 2. The lowest BCUT2D eigenvalue weighted by atomic mass is 10.3. The topological polar surface area (TPSA) is 51.0 Å². The first-order valence-corrected chi connectivity index (χ1v) is 5.81. The van der Waals surface area contributed by atoms with Crippen molar-refractivity contribution in [2.24, 2.45) is 0 Å². The minimum Gasteiger partial charge on any atom is -0.339 e. The molecule has 0 saturated heterocycles. The van der Waals surface area contributed by atoms with Crippen molar-refractivity contribution in [3.63, 3.8) is 0 Å². The lowest BCUT2D eigenvalue weighted by Gasteiger charge is -2.05. The highest BCUT2D eigenvalue weighted by atomic mass is 16.5. The van der Waals surface area contributed by atoms with E-state index in [1.165, 1.54) is 12.8 Å². The van der Waals surface area contributed by atoms with Gasteiger partial charge in [-0.25, -0.2) is 0 Å². The van der Waals surface area contributed by atoms with Crippen molar-refractivity contribution in [3.8, 4) is 0 Å². The molecule has 1 fully saturated rings. The number of aromatic nitrogens is 2. The van der Waals surface area contributed by atoms with Crippen LogP contribution in [0.3, 0.4) is 0 Å². The normalized spacial score (nSPS) is 16.2. The average Bonchev–Trinajstić information content (AvgIpc) is 2.94. The molecular weight excluding hydrogens is 190 g/mol. The number of nitrogens with one attached hydrogen (secondary N) is 1. The van der Waals surface area contributed by atoms with E-state index in [0.717, 1.165) is 31.1 Å². The van der Waals surface area contributed by atoms with Gasteiger partial charge >= 0.3 is 0 Å². The molecule has 1 saturated carbocycles. The Balaban J connectivity index is 1.69. The Hall–Kier alpha value is -0.900. The molecule has 1 N–H and O–H groups in total. The largest absolute Gasteiger partial charge is 0.339 e. The lowest BCUT2D eigenvalue weighted by molar-refractivity contribution is 0.368. The van der Waals surface area contributed by atoms with Crippen LogP contribution in [0.25, 0.3) is 0 Å². The molecule has 2 rings (SSSR count). The molecular formula is C11H19N3O. The van der Waals surface area contributed by atoms with Crippen LogP contribution < -0.4 is 5.32 Å². The summed E-state index contributed by atoms with van der Waals surface area (Å²) in [4.78, 5) is 4.38. The van der Waals surface area contributed by atoms with Gasteiger partial charge in [0.15, 0.2) is 5.82 Å². The summed E-state index contributed by atoms with van der Waals surface area (Å²) < 4.78 is 5.18. The van der Waals surface area contributed by atoms with Crippen molar-refractivity contribution in [1.29, 1.82) is 0 Å². The van der Waals surface area contributed by atoms with Gasteiger partial charge < -0.3 is 9.84 Å². The van der Waals surface area contributed by atoms with Crippen molar-refractivity contribution in [1.82, 2.24) is 15.5 Å². The van der Waals surface area contributed by atoms with Crippen LogP contribution in [0.15, 0.2) is 4.52 Å². The van der Waals surface area contributed by atoms with E-state index in [9.17, 15) is 0 Å². The molecule has 0 aromatic carbocycles. The summed E-state index contributed by atoms with van der Waals surface area (Å²) in [5.41, 5.74) is 0. The summed E-state index contributed by atoms with van der Waals surface area (Å²) in [6, 6.07) is 0.551. The lowest BCUT2D eigenvalue weighted by Crippen LogP contribution is -2.23. The molecule has 0 amide bonds. The van der Waals surface area contributed by atoms with E-state index in [0.29, 0.717) is 12.0 Å². The van der Waals surface area contributed by atoms with Crippen LogP contribution in [0.5, 0.6) is 0 Å². The summed E-state index contributed by atoms with van der Waals surface area (Å²) >= 11 is 0. The van der Waals surface area contributed by atoms with Gasteiger partial charge in [0.1, 0.15) is 0 Å². The maximum Gasteiger partial charge on any atom is 0.226 e. The quantitative estimate of drug-likeness (QED) is 0.727.